The third kappa shape index (κ3) is 9.37. The lowest BCUT2D eigenvalue weighted by Gasteiger charge is -2.32. The minimum atomic E-state index is -1.45. The second-order valence-corrected chi connectivity index (χ2v) is 8.11. The fourth-order valence-electron chi connectivity index (χ4n) is 3.18. The number of rotatable bonds is 13. The van der Waals surface area contributed by atoms with E-state index in [1.54, 1.807) is 13.8 Å². The number of primary amides is 1. The molecule has 0 aliphatic heterocycles. The Hall–Kier alpha value is -4.06. The number of hydrogen-bond acceptors (Lipinski definition) is 7. The van der Waals surface area contributed by atoms with Crippen LogP contribution < -0.4 is 16.8 Å². The molecule has 1 aromatic rings. The van der Waals surface area contributed by atoms with Gasteiger partial charge in [-0.25, -0.2) is 4.79 Å². The first-order chi connectivity index (χ1) is 16.4. The molecule has 0 aliphatic rings. The number of carbonyl (C=O) groups excluding carboxylic acids is 4. The van der Waals surface area contributed by atoms with Crippen LogP contribution in [-0.4, -0.2) is 69.3 Å². The zero-order valence-electron chi connectivity index (χ0n) is 19.5. The summed E-state index contributed by atoms with van der Waals surface area (Å²) >= 11 is 0. The number of amides is 4. The lowest BCUT2D eigenvalue weighted by Crippen LogP contribution is -2.58. The standard InChI is InChI=1S/C23H30N4O8/c1-13(2)11-17(21(25)33)27(23(35)16(8-10-20(31)32)26-18(28)12-24)22(34)15-6-3-14(4-7-15)5-9-19(29)30/h3-7,9,13,16-17H,8,10-12,24H2,1-2H3,(H2,25,33)(H,26,28)(H,29,30)(H,31,32)/b9-5+/t16-,17-/m0/s1. The zero-order chi connectivity index (χ0) is 26.7. The molecular weight excluding hydrogens is 460 g/mol. The van der Waals surface area contributed by atoms with E-state index < -0.39 is 60.6 Å². The van der Waals surface area contributed by atoms with Crippen LogP contribution in [0.4, 0.5) is 0 Å². The molecule has 0 heterocycles. The lowest BCUT2D eigenvalue weighted by molar-refractivity contribution is -0.141. The molecule has 0 spiro atoms. The summed E-state index contributed by atoms with van der Waals surface area (Å²) in [6.45, 7) is 3.02. The summed E-state index contributed by atoms with van der Waals surface area (Å²) in [6.07, 6.45) is 1.39. The van der Waals surface area contributed by atoms with Gasteiger partial charge in [0.1, 0.15) is 12.1 Å². The summed E-state index contributed by atoms with van der Waals surface area (Å²) in [5.74, 6) is -6.16. The Labute approximate surface area is 201 Å². The van der Waals surface area contributed by atoms with Gasteiger partial charge in [0.25, 0.3) is 11.8 Å². The number of carbonyl (C=O) groups is 6. The maximum absolute atomic E-state index is 13.5. The molecule has 0 aromatic heterocycles. The van der Waals surface area contributed by atoms with E-state index in [9.17, 15) is 28.8 Å². The monoisotopic (exact) mass is 490 g/mol. The topological polar surface area (TPSA) is 210 Å². The number of benzene rings is 1. The van der Waals surface area contributed by atoms with Crippen molar-refractivity contribution in [3.8, 4) is 0 Å². The highest BCUT2D eigenvalue weighted by Gasteiger charge is 2.38. The molecule has 0 unspecified atom stereocenters. The van der Waals surface area contributed by atoms with E-state index in [1.165, 1.54) is 30.3 Å². The predicted molar refractivity (Wildman–Crippen MR) is 125 cm³/mol. The summed E-state index contributed by atoms with van der Waals surface area (Å²) in [6, 6.07) is 2.73. The van der Waals surface area contributed by atoms with Gasteiger partial charge < -0.3 is 27.0 Å². The number of imide groups is 1. The molecule has 0 saturated heterocycles. The molecule has 0 bridgehead atoms. The van der Waals surface area contributed by atoms with Gasteiger partial charge in [0, 0.05) is 18.1 Å². The Balaban J connectivity index is 3.47. The maximum atomic E-state index is 13.5. The van der Waals surface area contributed by atoms with Crippen LogP contribution in [0, 0.1) is 5.92 Å². The highest BCUT2D eigenvalue weighted by molar-refractivity contribution is 6.09. The summed E-state index contributed by atoms with van der Waals surface area (Å²) in [7, 11) is 0. The van der Waals surface area contributed by atoms with E-state index in [-0.39, 0.29) is 24.3 Å². The van der Waals surface area contributed by atoms with Crippen LogP contribution in [0.5, 0.6) is 0 Å². The minimum absolute atomic E-state index is 0.0111. The van der Waals surface area contributed by atoms with Gasteiger partial charge in [-0.2, -0.15) is 0 Å². The fraction of sp³-hybridized carbons (Fsp3) is 0.391. The Morgan fingerprint density at radius 1 is 1.06 bits per heavy atom. The second kappa shape index (κ2) is 13.6. The van der Waals surface area contributed by atoms with Gasteiger partial charge in [-0.05, 0) is 42.5 Å². The number of carboxylic acids is 2. The Kier molecular flexibility index (Phi) is 11.3. The normalized spacial score (nSPS) is 12.7. The fourth-order valence-corrected chi connectivity index (χ4v) is 3.18. The van der Waals surface area contributed by atoms with Gasteiger partial charge >= 0.3 is 11.9 Å². The van der Waals surface area contributed by atoms with Crippen molar-refractivity contribution in [2.75, 3.05) is 6.54 Å². The molecule has 1 aromatic carbocycles. The van der Waals surface area contributed by atoms with E-state index in [0.29, 0.717) is 10.5 Å². The molecule has 12 heteroatoms. The van der Waals surface area contributed by atoms with Crippen LogP contribution in [0.1, 0.15) is 49.0 Å². The van der Waals surface area contributed by atoms with E-state index >= 15 is 0 Å². The molecule has 0 radical (unpaired) electrons. The molecule has 0 saturated carbocycles. The minimum Gasteiger partial charge on any atom is -0.481 e. The highest BCUT2D eigenvalue weighted by Crippen LogP contribution is 2.19. The van der Waals surface area contributed by atoms with Crippen molar-refractivity contribution in [2.45, 2.75) is 45.2 Å². The van der Waals surface area contributed by atoms with Crippen molar-refractivity contribution >= 4 is 41.6 Å². The Bertz CT molecular complexity index is 988. The summed E-state index contributed by atoms with van der Waals surface area (Å²) < 4.78 is 0. The summed E-state index contributed by atoms with van der Waals surface area (Å²) in [4.78, 5) is 73.5. The highest BCUT2D eigenvalue weighted by atomic mass is 16.4. The summed E-state index contributed by atoms with van der Waals surface area (Å²) in [5.41, 5.74) is 11.3. The number of carboxylic acid groups (broad SMARTS) is 2. The van der Waals surface area contributed by atoms with Gasteiger partial charge in [-0.15, -0.1) is 0 Å². The Morgan fingerprint density at radius 3 is 2.11 bits per heavy atom. The number of nitrogens with two attached hydrogens (primary N) is 2. The van der Waals surface area contributed by atoms with Gasteiger partial charge in [0.2, 0.25) is 11.8 Å². The van der Waals surface area contributed by atoms with Crippen LogP contribution in [0.25, 0.3) is 6.08 Å². The second-order valence-electron chi connectivity index (χ2n) is 8.11. The van der Waals surface area contributed by atoms with E-state index in [1.807, 2.05) is 0 Å². The predicted octanol–water partition coefficient (Wildman–Crippen LogP) is -0.0385. The van der Waals surface area contributed by atoms with Crippen LogP contribution in [0.15, 0.2) is 30.3 Å². The largest absolute Gasteiger partial charge is 0.481 e. The maximum Gasteiger partial charge on any atom is 0.328 e. The smallest absolute Gasteiger partial charge is 0.328 e. The van der Waals surface area contributed by atoms with Crippen molar-refractivity contribution in [3.63, 3.8) is 0 Å². The van der Waals surface area contributed by atoms with Crippen LogP contribution in [0.3, 0.4) is 0 Å². The van der Waals surface area contributed by atoms with E-state index in [2.05, 4.69) is 5.32 Å². The molecule has 2 atom stereocenters. The molecule has 7 N–H and O–H groups in total. The molecule has 190 valence electrons. The van der Waals surface area contributed by atoms with Crippen molar-refractivity contribution in [3.05, 3.63) is 41.5 Å². The first-order valence-corrected chi connectivity index (χ1v) is 10.8. The molecule has 35 heavy (non-hydrogen) atoms. The van der Waals surface area contributed by atoms with E-state index in [0.717, 1.165) is 6.08 Å². The van der Waals surface area contributed by atoms with E-state index in [4.69, 9.17) is 21.7 Å². The SMILES string of the molecule is CC(C)C[C@@H](C(N)=O)N(C(=O)c1ccc(/C=C/C(=O)O)cc1)C(=O)[C@H](CCC(=O)O)NC(=O)CN. The van der Waals surface area contributed by atoms with Crippen molar-refractivity contribution in [1.82, 2.24) is 10.2 Å². The lowest BCUT2D eigenvalue weighted by atomic mass is 9.98. The molecule has 12 nitrogen and oxygen atoms in total. The Morgan fingerprint density at radius 2 is 1.66 bits per heavy atom. The quantitative estimate of drug-likeness (QED) is 0.234. The number of aliphatic carboxylic acids is 2. The van der Waals surface area contributed by atoms with Crippen molar-refractivity contribution < 1.29 is 39.0 Å². The molecule has 0 fully saturated rings. The molecule has 4 amide bonds. The third-order valence-electron chi connectivity index (χ3n) is 4.83. The van der Waals surface area contributed by atoms with Crippen molar-refractivity contribution in [2.24, 2.45) is 17.4 Å². The van der Waals surface area contributed by atoms with Crippen molar-refractivity contribution in [1.29, 1.82) is 0 Å². The van der Waals surface area contributed by atoms with Gasteiger partial charge in [0.15, 0.2) is 0 Å². The average molecular weight is 491 g/mol. The first-order valence-electron chi connectivity index (χ1n) is 10.8. The van der Waals surface area contributed by atoms with Crippen LogP contribution in [0.2, 0.25) is 0 Å². The first kappa shape index (κ1) is 29.0. The number of nitrogens with zero attached hydrogens (tertiary/aromatic N) is 1. The zero-order valence-corrected chi connectivity index (χ0v) is 19.5. The third-order valence-corrected chi connectivity index (χ3v) is 4.83. The molecule has 1 rings (SSSR count). The summed E-state index contributed by atoms with van der Waals surface area (Å²) in [5, 5.41) is 20.1. The van der Waals surface area contributed by atoms with Gasteiger partial charge in [-0.3, -0.25) is 28.9 Å². The number of hydrogen-bond donors (Lipinski definition) is 5. The van der Waals surface area contributed by atoms with Gasteiger partial charge in [-0.1, -0.05) is 26.0 Å². The van der Waals surface area contributed by atoms with Gasteiger partial charge in [0.05, 0.1) is 6.54 Å². The van der Waals surface area contributed by atoms with Crippen LogP contribution >= 0.6 is 0 Å². The molecular formula is C23H30N4O8. The number of nitrogens with one attached hydrogen (secondary N) is 1. The van der Waals surface area contributed by atoms with Crippen LogP contribution in [-0.2, 0) is 24.0 Å². The average Bonchev–Trinajstić information content (AvgIpc) is 2.79. The molecule has 0 aliphatic carbocycles.